The van der Waals surface area contributed by atoms with Crippen molar-refractivity contribution >= 4 is 11.8 Å². The van der Waals surface area contributed by atoms with Crippen molar-refractivity contribution in [2.45, 2.75) is 32.4 Å². The molecule has 2 aromatic carbocycles. The number of anilines is 2. The molecule has 3 aromatic rings. The summed E-state index contributed by atoms with van der Waals surface area (Å²) in [7, 11) is 0. The summed E-state index contributed by atoms with van der Waals surface area (Å²) in [6, 6.07) is 23.4. The van der Waals surface area contributed by atoms with E-state index in [1.807, 2.05) is 24.3 Å². The molecule has 0 bridgehead atoms. The molecule has 4 rings (SSSR count). The lowest BCUT2D eigenvalue weighted by molar-refractivity contribution is 0.792. The highest BCUT2D eigenvalue weighted by Crippen LogP contribution is 2.28. The fourth-order valence-electron chi connectivity index (χ4n) is 2.97. The van der Waals surface area contributed by atoms with Gasteiger partial charge in [0, 0.05) is 30.8 Å². The van der Waals surface area contributed by atoms with Gasteiger partial charge in [0.25, 0.3) is 0 Å². The summed E-state index contributed by atoms with van der Waals surface area (Å²) in [4.78, 5) is 11.9. The van der Waals surface area contributed by atoms with E-state index in [4.69, 9.17) is 9.97 Å². The second-order valence-corrected chi connectivity index (χ2v) is 6.72. The molecule has 4 heteroatoms. The van der Waals surface area contributed by atoms with E-state index in [1.165, 1.54) is 18.4 Å². The standard InChI is InChI=1S/C22H24N4/c1-2-26(16-17-9-5-3-6-10-17)22-24-20(18-11-7-4-8-12-18)15-21(25-22)23-19-13-14-19/h3-12,15,19H,2,13-14,16H2,1H3,(H,23,24,25). The van der Waals surface area contributed by atoms with Crippen LogP contribution in [0.5, 0.6) is 0 Å². The minimum atomic E-state index is 0.561. The highest BCUT2D eigenvalue weighted by Gasteiger charge is 2.22. The zero-order chi connectivity index (χ0) is 17.8. The smallest absolute Gasteiger partial charge is 0.228 e. The van der Waals surface area contributed by atoms with Gasteiger partial charge in [-0.1, -0.05) is 60.7 Å². The second kappa shape index (κ2) is 7.56. The Kier molecular flexibility index (Phi) is 4.82. The molecule has 4 nitrogen and oxygen atoms in total. The normalized spacial score (nSPS) is 13.4. The molecule has 1 fully saturated rings. The molecule has 0 amide bonds. The van der Waals surface area contributed by atoms with Crippen LogP contribution in [-0.4, -0.2) is 22.6 Å². The summed E-state index contributed by atoms with van der Waals surface area (Å²) >= 11 is 0. The molecule has 1 saturated carbocycles. The van der Waals surface area contributed by atoms with Crippen LogP contribution in [0.25, 0.3) is 11.3 Å². The minimum absolute atomic E-state index is 0.561. The van der Waals surface area contributed by atoms with E-state index >= 15 is 0 Å². The highest BCUT2D eigenvalue weighted by atomic mass is 15.3. The summed E-state index contributed by atoms with van der Waals surface area (Å²) in [5.74, 6) is 1.70. The molecule has 1 aliphatic carbocycles. The van der Waals surface area contributed by atoms with E-state index in [-0.39, 0.29) is 0 Å². The van der Waals surface area contributed by atoms with Gasteiger partial charge < -0.3 is 10.2 Å². The van der Waals surface area contributed by atoms with Crippen LogP contribution in [0.2, 0.25) is 0 Å². The first-order chi connectivity index (χ1) is 12.8. The minimum Gasteiger partial charge on any atom is -0.367 e. The van der Waals surface area contributed by atoms with Gasteiger partial charge in [0.15, 0.2) is 0 Å². The van der Waals surface area contributed by atoms with E-state index < -0.39 is 0 Å². The van der Waals surface area contributed by atoms with Gasteiger partial charge in [-0.2, -0.15) is 4.98 Å². The Balaban J connectivity index is 1.68. The maximum Gasteiger partial charge on any atom is 0.228 e. The molecule has 1 aromatic heterocycles. The Bertz CT molecular complexity index is 845. The number of hydrogen-bond acceptors (Lipinski definition) is 4. The van der Waals surface area contributed by atoms with Crippen LogP contribution in [-0.2, 0) is 6.54 Å². The maximum atomic E-state index is 4.87. The quantitative estimate of drug-likeness (QED) is 0.672. The van der Waals surface area contributed by atoms with Gasteiger partial charge >= 0.3 is 0 Å². The molecule has 132 valence electrons. The van der Waals surface area contributed by atoms with E-state index in [1.54, 1.807) is 0 Å². The van der Waals surface area contributed by atoms with Crippen LogP contribution in [0.3, 0.4) is 0 Å². The van der Waals surface area contributed by atoms with Crippen LogP contribution in [0.4, 0.5) is 11.8 Å². The molecular formula is C22H24N4. The molecule has 1 aliphatic rings. The van der Waals surface area contributed by atoms with Crippen molar-refractivity contribution in [1.82, 2.24) is 9.97 Å². The average molecular weight is 344 g/mol. The predicted octanol–water partition coefficient (Wildman–Crippen LogP) is 4.74. The SMILES string of the molecule is CCN(Cc1ccccc1)c1nc(NC2CC2)cc(-c2ccccc2)n1. The Morgan fingerprint density at radius 3 is 2.31 bits per heavy atom. The lowest BCUT2D eigenvalue weighted by atomic mass is 10.1. The topological polar surface area (TPSA) is 41.1 Å². The van der Waals surface area contributed by atoms with Crippen molar-refractivity contribution in [3.8, 4) is 11.3 Å². The molecule has 1 N–H and O–H groups in total. The predicted molar refractivity (Wildman–Crippen MR) is 107 cm³/mol. The van der Waals surface area contributed by atoms with Crippen molar-refractivity contribution in [3.05, 3.63) is 72.3 Å². The fourth-order valence-corrected chi connectivity index (χ4v) is 2.97. The second-order valence-electron chi connectivity index (χ2n) is 6.72. The zero-order valence-corrected chi connectivity index (χ0v) is 15.1. The number of benzene rings is 2. The summed E-state index contributed by atoms with van der Waals surface area (Å²) < 4.78 is 0. The van der Waals surface area contributed by atoms with E-state index in [0.29, 0.717) is 6.04 Å². The lowest BCUT2D eigenvalue weighted by Crippen LogP contribution is -2.25. The summed E-state index contributed by atoms with van der Waals surface area (Å²) in [5, 5.41) is 3.53. The summed E-state index contributed by atoms with van der Waals surface area (Å²) in [6.45, 7) is 3.81. The Morgan fingerprint density at radius 2 is 1.65 bits per heavy atom. The molecule has 0 saturated heterocycles. The zero-order valence-electron chi connectivity index (χ0n) is 15.1. The van der Waals surface area contributed by atoms with Crippen LogP contribution in [0.15, 0.2) is 66.7 Å². The third kappa shape index (κ3) is 4.02. The molecule has 26 heavy (non-hydrogen) atoms. The molecule has 1 heterocycles. The Hall–Kier alpha value is -2.88. The van der Waals surface area contributed by atoms with Crippen molar-refractivity contribution < 1.29 is 0 Å². The Labute approximate surface area is 154 Å². The van der Waals surface area contributed by atoms with Gasteiger partial charge in [-0.05, 0) is 25.3 Å². The maximum absolute atomic E-state index is 4.87. The number of nitrogens with zero attached hydrogens (tertiary/aromatic N) is 3. The van der Waals surface area contributed by atoms with Crippen molar-refractivity contribution in [2.24, 2.45) is 0 Å². The fraction of sp³-hybridized carbons (Fsp3) is 0.273. The lowest BCUT2D eigenvalue weighted by Gasteiger charge is -2.22. The summed E-state index contributed by atoms with van der Waals surface area (Å²) in [5.41, 5.74) is 3.34. The first-order valence-corrected chi connectivity index (χ1v) is 9.32. The highest BCUT2D eigenvalue weighted by molar-refractivity contribution is 5.64. The van der Waals surface area contributed by atoms with Crippen LogP contribution >= 0.6 is 0 Å². The van der Waals surface area contributed by atoms with E-state index in [2.05, 4.69) is 59.6 Å². The van der Waals surface area contributed by atoms with E-state index in [0.717, 1.165) is 36.1 Å². The van der Waals surface area contributed by atoms with Gasteiger partial charge in [0.1, 0.15) is 5.82 Å². The number of nitrogens with one attached hydrogen (secondary N) is 1. The first kappa shape index (κ1) is 16.6. The van der Waals surface area contributed by atoms with Crippen molar-refractivity contribution in [3.63, 3.8) is 0 Å². The largest absolute Gasteiger partial charge is 0.367 e. The molecule has 0 atom stereocenters. The third-order valence-corrected chi connectivity index (χ3v) is 4.59. The van der Waals surface area contributed by atoms with Gasteiger partial charge in [0.05, 0.1) is 5.69 Å². The van der Waals surface area contributed by atoms with Crippen LogP contribution in [0.1, 0.15) is 25.3 Å². The van der Waals surface area contributed by atoms with Gasteiger partial charge in [-0.3, -0.25) is 0 Å². The van der Waals surface area contributed by atoms with E-state index in [9.17, 15) is 0 Å². The molecule has 0 radical (unpaired) electrons. The number of rotatable bonds is 7. The van der Waals surface area contributed by atoms with Gasteiger partial charge in [-0.25, -0.2) is 4.98 Å². The van der Waals surface area contributed by atoms with Crippen molar-refractivity contribution in [1.29, 1.82) is 0 Å². The molecule has 0 aliphatic heterocycles. The van der Waals surface area contributed by atoms with Crippen molar-refractivity contribution in [2.75, 3.05) is 16.8 Å². The number of hydrogen-bond donors (Lipinski definition) is 1. The average Bonchev–Trinajstić information content (AvgIpc) is 3.51. The summed E-state index contributed by atoms with van der Waals surface area (Å²) in [6.07, 6.45) is 2.45. The van der Waals surface area contributed by atoms with Gasteiger partial charge in [0.2, 0.25) is 5.95 Å². The molecular weight excluding hydrogens is 320 g/mol. The molecule has 0 unspecified atom stereocenters. The molecule has 0 spiro atoms. The third-order valence-electron chi connectivity index (χ3n) is 4.59. The number of aromatic nitrogens is 2. The monoisotopic (exact) mass is 344 g/mol. The van der Waals surface area contributed by atoms with Gasteiger partial charge in [-0.15, -0.1) is 0 Å². The first-order valence-electron chi connectivity index (χ1n) is 9.32. The van der Waals surface area contributed by atoms with Crippen LogP contribution < -0.4 is 10.2 Å². The van der Waals surface area contributed by atoms with Crippen LogP contribution in [0, 0.1) is 0 Å². The Morgan fingerprint density at radius 1 is 0.962 bits per heavy atom.